The molecule has 30 heteroatoms. The summed E-state index contributed by atoms with van der Waals surface area (Å²) in [7, 11) is 0. The molecule has 18 N–H and O–H groups in total. The number of amides is 1. The Morgan fingerprint density at radius 1 is 0.471 bits per heavy atom. The molecule has 5 saturated heterocycles. The van der Waals surface area contributed by atoms with Crippen molar-refractivity contribution in [1.82, 2.24) is 5.32 Å². The van der Waals surface area contributed by atoms with Crippen molar-refractivity contribution in [2.75, 3.05) is 70.9 Å². The summed E-state index contributed by atoms with van der Waals surface area (Å²) in [5.41, 5.74) is 5.50. The Morgan fingerprint density at radius 3 is 1.43 bits per heavy atom. The molecule has 0 unspecified atom stereocenters. The Balaban J connectivity index is 1.26. The van der Waals surface area contributed by atoms with Gasteiger partial charge in [-0.2, -0.15) is 11.8 Å². The van der Waals surface area contributed by atoms with E-state index >= 15 is 0 Å². The molecule has 410 valence electrons. The van der Waals surface area contributed by atoms with E-state index in [0.29, 0.717) is 13.0 Å². The zero-order valence-electron chi connectivity index (χ0n) is 38.2. The minimum Gasteiger partial charge on any atom is -0.394 e. The Bertz CT molecular complexity index is 1520. The number of carbonyl (C=O) groups is 1. The lowest BCUT2D eigenvalue weighted by molar-refractivity contribution is -0.369. The predicted octanol–water partition coefficient (Wildman–Crippen LogP) is -10.3. The van der Waals surface area contributed by atoms with Crippen molar-refractivity contribution in [1.29, 1.82) is 0 Å². The molecule has 0 bridgehead atoms. The van der Waals surface area contributed by atoms with E-state index in [-0.39, 0.29) is 26.2 Å². The molecule has 5 aliphatic rings. The maximum atomic E-state index is 12.5. The van der Waals surface area contributed by atoms with E-state index < -0.39 is 192 Å². The molecule has 5 aliphatic heterocycles. The van der Waals surface area contributed by atoms with Crippen LogP contribution in [0, 0.1) is 0 Å². The second-order valence-corrected chi connectivity index (χ2v) is 18.5. The van der Waals surface area contributed by atoms with E-state index in [2.05, 4.69) is 5.32 Å². The smallest absolute Gasteiger partial charge is 0.217 e. The summed E-state index contributed by atoms with van der Waals surface area (Å²) in [4.78, 5) is 12.5. The summed E-state index contributed by atoms with van der Waals surface area (Å²) in [6, 6.07) is -1.47. The highest BCUT2D eigenvalue weighted by atomic mass is 32.2. The van der Waals surface area contributed by atoms with Gasteiger partial charge in [0.2, 0.25) is 5.91 Å². The topological polar surface area (TPSA) is 460 Å². The van der Waals surface area contributed by atoms with Crippen LogP contribution in [0.2, 0.25) is 0 Å². The van der Waals surface area contributed by atoms with Crippen molar-refractivity contribution < 1.29 is 133 Å². The number of aliphatic hydroxyl groups is 15. The van der Waals surface area contributed by atoms with Crippen molar-refractivity contribution in [3.8, 4) is 0 Å². The molecule has 25 atom stereocenters. The summed E-state index contributed by atoms with van der Waals surface area (Å²) < 4.78 is 63.1. The van der Waals surface area contributed by atoms with E-state index in [4.69, 9.17) is 57.8 Å². The van der Waals surface area contributed by atoms with Gasteiger partial charge in [0, 0.05) is 25.8 Å². The summed E-state index contributed by atoms with van der Waals surface area (Å²) in [5.74, 6) is 0.823. The molecule has 0 aliphatic carbocycles. The van der Waals surface area contributed by atoms with Gasteiger partial charge in [0.25, 0.3) is 0 Å². The van der Waals surface area contributed by atoms with Crippen LogP contribution < -0.4 is 11.1 Å². The third-order valence-corrected chi connectivity index (χ3v) is 13.3. The van der Waals surface area contributed by atoms with Crippen molar-refractivity contribution >= 4 is 17.7 Å². The third-order valence-electron chi connectivity index (χ3n) is 12.2. The van der Waals surface area contributed by atoms with Crippen molar-refractivity contribution in [3.05, 3.63) is 0 Å². The summed E-state index contributed by atoms with van der Waals surface area (Å²) in [6.45, 7) is -2.50. The highest BCUT2D eigenvalue weighted by Crippen LogP contribution is 2.33. The molecule has 0 aromatic heterocycles. The van der Waals surface area contributed by atoms with Gasteiger partial charge in [-0.15, -0.1) is 0 Å². The van der Waals surface area contributed by atoms with Gasteiger partial charge in [0.05, 0.1) is 46.2 Å². The first kappa shape index (κ1) is 59.6. The SMILES string of the molecule is CC(=O)N[C@H]1[C@H](OCCCO[C@H]2[C@H](O)[C@@H](O)[C@H](OCCCSCCN)O[C@@H]2CO)O[C@H](CO[C@@H]2O[C@H](CO)[C@@H](O[C@@H]3O[C@H](CO)[C@H](O)[C@H](O)[C@H]3O)[C@H](O)[C@H]2O)[C@@H](O[C@@H]2O[C@H](CO)[C@H](O)[C@H](O)[C@H]2O)[C@@H]1O. The van der Waals surface area contributed by atoms with Crippen LogP contribution in [0.1, 0.15) is 19.8 Å². The number of aliphatic hydroxyl groups excluding tert-OH is 15. The summed E-state index contributed by atoms with van der Waals surface area (Å²) in [5, 5.41) is 160. The average molecular weight is 1050 g/mol. The van der Waals surface area contributed by atoms with Crippen LogP contribution in [0.4, 0.5) is 0 Å². The number of nitrogens with two attached hydrogens (primary N) is 1. The first-order chi connectivity index (χ1) is 33.4. The van der Waals surface area contributed by atoms with Crippen molar-refractivity contribution in [3.63, 3.8) is 0 Å². The normalized spacial score (nSPS) is 44.8. The average Bonchev–Trinajstić information content (AvgIpc) is 3.34. The van der Waals surface area contributed by atoms with E-state index in [1.54, 1.807) is 11.8 Å². The van der Waals surface area contributed by atoms with E-state index in [1.165, 1.54) is 0 Å². The molecule has 0 spiro atoms. The Kier molecular flexibility index (Phi) is 24.3. The van der Waals surface area contributed by atoms with Crippen LogP contribution in [0.5, 0.6) is 0 Å². The van der Waals surface area contributed by atoms with Gasteiger partial charge in [-0.1, -0.05) is 0 Å². The molecule has 5 heterocycles. The lowest BCUT2D eigenvalue weighted by Crippen LogP contribution is -2.68. The molecule has 1 amide bonds. The second-order valence-electron chi connectivity index (χ2n) is 17.3. The maximum absolute atomic E-state index is 12.5. The maximum Gasteiger partial charge on any atom is 0.217 e. The predicted molar refractivity (Wildman–Crippen MR) is 228 cm³/mol. The number of rotatable bonds is 25. The number of nitrogens with one attached hydrogen (secondary N) is 1. The van der Waals surface area contributed by atoms with Gasteiger partial charge in [-0.25, -0.2) is 0 Å². The summed E-state index contributed by atoms with van der Waals surface area (Å²) >= 11 is 1.63. The van der Waals surface area contributed by atoms with Crippen LogP contribution in [0.15, 0.2) is 0 Å². The van der Waals surface area contributed by atoms with E-state index in [0.717, 1.165) is 18.4 Å². The van der Waals surface area contributed by atoms with Gasteiger partial charge >= 0.3 is 0 Å². The number of hydrogen-bond acceptors (Lipinski definition) is 29. The van der Waals surface area contributed by atoms with Gasteiger partial charge in [0.15, 0.2) is 31.5 Å². The molecule has 70 heavy (non-hydrogen) atoms. The number of thioether (sulfide) groups is 1. The van der Waals surface area contributed by atoms with Crippen LogP contribution >= 0.6 is 11.8 Å². The molecular formula is C40H72N2O27S. The number of hydrogen-bond donors (Lipinski definition) is 17. The molecule has 0 aromatic carbocycles. The van der Waals surface area contributed by atoms with Gasteiger partial charge < -0.3 is 140 Å². The highest BCUT2D eigenvalue weighted by molar-refractivity contribution is 7.99. The minimum atomic E-state index is -2.02. The third kappa shape index (κ3) is 14.8. The monoisotopic (exact) mass is 1040 g/mol. The van der Waals surface area contributed by atoms with Crippen LogP contribution in [-0.2, 0) is 56.9 Å². The zero-order chi connectivity index (χ0) is 51.4. The lowest BCUT2D eigenvalue weighted by Gasteiger charge is -2.48. The highest BCUT2D eigenvalue weighted by Gasteiger charge is 2.54. The fraction of sp³-hybridized carbons (Fsp3) is 0.975. The lowest BCUT2D eigenvalue weighted by atomic mass is 9.95. The first-order valence-electron chi connectivity index (χ1n) is 22.9. The minimum absolute atomic E-state index is 0.0292. The van der Waals surface area contributed by atoms with Crippen LogP contribution in [0.3, 0.4) is 0 Å². The number of ether oxygens (including phenoxy) is 11. The zero-order valence-corrected chi connectivity index (χ0v) is 39.0. The first-order valence-corrected chi connectivity index (χ1v) is 24.1. The number of carbonyl (C=O) groups excluding carboxylic acids is 1. The molecule has 5 rings (SSSR count). The molecule has 5 fully saturated rings. The quantitative estimate of drug-likeness (QED) is 0.0378. The Morgan fingerprint density at radius 2 is 0.900 bits per heavy atom. The fourth-order valence-electron chi connectivity index (χ4n) is 8.39. The summed E-state index contributed by atoms with van der Waals surface area (Å²) in [6.07, 6.45) is -39.6. The van der Waals surface area contributed by atoms with Gasteiger partial charge in [0.1, 0.15) is 122 Å². The molecule has 0 radical (unpaired) electrons. The molecular weight excluding hydrogens is 972 g/mol. The fourth-order valence-corrected chi connectivity index (χ4v) is 9.08. The molecule has 0 aromatic rings. The van der Waals surface area contributed by atoms with Crippen molar-refractivity contribution in [2.24, 2.45) is 5.73 Å². The van der Waals surface area contributed by atoms with Crippen LogP contribution in [0.25, 0.3) is 0 Å². The van der Waals surface area contributed by atoms with E-state index in [9.17, 15) is 81.4 Å². The van der Waals surface area contributed by atoms with Crippen molar-refractivity contribution in [2.45, 2.75) is 173 Å². The van der Waals surface area contributed by atoms with E-state index in [1.807, 2.05) is 0 Å². The van der Waals surface area contributed by atoms with Crippen LogP contribution in [-0.4, -0.2) is 307 Å². The standard InChI is InChI=1S/C40H72N2O27S/c1-15(47)42-21-24(50)35(69-40-30(56)26(52)23(49)17(11-44)64-40)20(14-62-38-32(58)28(54)34(19(13-46)66-38)68-39-29(55)25(51)22(48)16(10-43)63-39)67-36(21)60-6-2-5-59-33-18(12-45)65-37(31(57)27(33)53)61-7-3-8-70-9-4-41/h16-40,43-46,48-58H,2-14,41H2,1H3,(H,42,47)/t16-,17-,18-,19-,20-,21-,22+,23+,24-,25+,26+,27-,28-,29-,30-,31-,32-,33-,34-,35-,36-,37-,38-,39+,40+/m1/s1. The largest absolute Gasteiger partial charge is 0.394 e. The Hall–Kier alpha value is -1.26. The molecule has 0 saturated carbocycles. The van der Waals surface area contributed by atoms with Gasteiger partial charge in [-0.05, 0) is 18.6 Å². The molecule has 29 nitrogen and oxygen atoms in total. The van der Waals surface area contributed by atoms with Gasteiger partial charge in [-0.3, -0.25) is 4.79 Å². The Labute approximate surface area is 405 Å². The second kappa shape index (κ2) is 28.6.